The van der Waals surface area contributed by atoms with Crippen molar-refractivity contribution in [3.63, 3.8) is 0 Å². The molecule has 13 heteroatoms. The molecule has 57 heavy (non-hydrogen) atoms. The Bertz CT molecular complexity index is 2970. The maximum Gasteiger partial charge on any atom is 0.269 e. The molecule has 13 nitrogen and oxygen atoms in total. The Morgan fingerprint density at radius 3 is 0.877 bits per heavy atom. The molecule has 0 fully saturated rings. The summed E-state index contributed by atoms with van der Waals surface area (Å²) in [6.45, 7) is 0. The Morgan fingerprint density at radius 2 is 0.614 bits per heavy atom. The first-order chi connectivity index (χ1) is 27.7. The molecule has 0 aliphatic carbocycles. The third-order valence-electron chi connectivity index (χ3n) is 9.92. The minimum absolute atomic E-state index is 0.0464. The zero-order valence-corrected chi connectivity index (χ0v) is 29.6. The van der Waals surface area contributed by atoms with Crippen LogP contribution in [0.5, 0.6) is 0 Å². The quantitative estimate of drug-likeness (QED) is 0.119. The fraction of sp³-hybridized carbons (Fsp3) is 0. The van der Waals surface area contributed by atoms with Gasteiger partial charge in [-0.25, -0.2) is 9.97 Å². The molecule has 0 spiro atoms. The summed E-state index contributed by atoms with van der Waals surface area (Å²) in [5, 5.41) is 34.8. The van der Waals surface area contributed by atoms with Gasteiger partial charge in [0.1, 0.15) is 0 Å². The summed E-state index contributed by atoms with van der Waals surface area (Å²) < 4.78 is 0. The van der Waals surface area contributed by atoms with Gasteiger partial charge in [0.05, 0.1) is 37.5 Å². The number of nitro groups is 3. The van der Waals surface area contributed by atoms with Gasteiger partial charge < -0.3 is 9.97 Å². The van der Waals surface area contributed by atoms with Gasteiger partial charge in [-0.3, -0.25) is 30.3 Å². The molecule has 0 saturated heterocycles. The van der Waals surface area contributed by atoms with Gasteiger partial charge in [0, 0.05) is 80.7 Å². The van der Waals surface area contributed by atoms with Crippen LogP contribution >= 0.6 is 0 Å². The highest BCUT2D eigenvalue weighted by Crippen LogP contribution is 2.39. The molecule has 0 saturated carbocycles. The molecule has 0 atom stereocenters. The SMILES string of the molecule is O=[N+]([O-])c1ccc(-c2c3nc(c(-c4ccc([N+](=O)[O-])cc4)c4ccc([nH]4)c(-c4ccc([N+](=O)[O-])cc4)c4nc(c(-c5ccccc5)c5ccc2[nH]5)C=C4)C=C3)cc1. The maximum absolute atomic E-state index is 11.6. The first-order valence-corrected chi connectivity index (χ1v) is 17.7. The van der Waals surface area contributed by atoms with E-state index in [1.165, 1.54) is 36.4 Å². The fourth-order valence-corrected chi connectivity index (χ4v) is 7.27. The Labute approximate surface area is 322 Å². The number of nitrogens with zero attached hydrogens (tertiary/aromatic N) is 5. The van der Waals surface area contributed by atoms with Crippen LogP contribution in [-0.2, 0) is 0 Å². The van der Waals surface area contributed by atoms with E-state index < -0.39 is 14.8 Å². The lowest BCUT2D eigenvalue weighted by Gasteiger charge is -2.07. The standard InChI is InChI=1S/C44H27N7O6/c52-49(53)30-12-6-27(7-13-30)42-35-20-18-33(45-35)41(26-4-2-1-3-5-26)34-19-21-36(46-34)43(28-8-14-31(15-9-28)50(54)55)38-23-25-40(48-38)44(39-24-22-37(42)47-39)29-10-16-32(17-11-29)51(56)57/h1-25,45,48H. The summed E-state index contributed by atoms with van der Waals surface area (Å²) in [6, 6.07) is 36.4. The predicted octanol–water partition coefficient (Wildman–Crippen LogP) is 11.0. The van der Waals surface area contributed by atoms with Gasteiger partial charge in [-0.05, 0) is 107 Å². The van der Waals surface area contributed by atoms with Crippen molar-refractivity contribution in [3.8, 4) is 44.5 Å². The van der Waals surface area contributed by atoms with E-state index in [1.807, 2.05) is 78.9 Å². The van der Waals surface area contributed by atoms with Crippen LogP contribution in [0, 0.1) is 30.3 Å². The number of aromatic amines is 2. The molecule has 274 valence electrons. The monoisotopic (exact) mass is 749 g/mol. The number of benzene rings is 4. The van der Waals surface area contributed by atoms with Gasteiger partial charge in [-0.1, -0.05) is 30.3 Å². The van der Waals surface area contributed by atoms with Crippen molar-refractivity contribution in [1.82, 2.24) is 19.9 Å². The fourth-order valence-electron chi connectivity index (χ4n) is 7.27. The number of aromatic nitrogens is 4. The van der Waals surface area contributed by atoms with E-state index in [0.717, 1.165) is 16.6 Å². The second-order valence-electron chi connectivity index (χ2n) is 13.3. The van der Waals surface area contributed by atoms with E-state index in [1.54, 1.807) is 36.4 Å². The van der Waals surface area contributed by atoms with Crippen molar-refractivity contribution in [1.29, 1.82) is 0 Å². The number of H-pyrrole nitrogens is 2. The molecule has 5 heterocycles. The van der Waals surface area contributed by atoms with Gasteiger partial charge in [0.25, 0.3) is 17.1 Å². The van der Waals surface area contributed by atoms with E-state index in [2.05, 4.69) is 9.97 Å². The molecule has 3 aromatic heterocycles. The maximum atomic E-state index is 11.6. The molecule has 2 aliphatic rings. The van der Waals surface area contributed by atoms with Crippen molar-refractivity contribution in [3.05, 3.63) is 181 Å². The van der Waals surface area contributed by atoms with Gasteiger partial charge in [0.2, 0.25) is 0 Å². The topological polar surface area (TPSA) is 187 Å². The normalized spacial score (nSPS) is 11.8. The first kappa shape index (κ1) is 34.4. The number of nitrogens with one attached hydrogen (secondary N) is 2. The number of fused-ring (bicyclic) bond motifs is 8. The van der Waals surface area contributed by atoms with Crippen molar-refractivity contribution in [2.24, 2.45) is 0 Å². The number of non-ortho nitro benzene ring substituents is 3. The molecule has 7 aromatic rings. The van der Waals surface area contributed by atoms with Gasteiger partial charge in [0.15, 0.2) is 0 Å². The molecule has 8 bridgehead atoms. The van der Waals surface area contributed by atoms with Crippen molar-refractivity contribution >= 4 is 63.4 Å². The summed E-state index contributed by atoms with van der Waals surface area (Å²) in [5.41, 5.74) is 10.9. The van der Waals surface area contributed by atoms with E-state index >= 15 is 0 Å². The minimum atomic E-state index is -0.456. The number of hydrogen-bond donors (Lipinski definition) is 2. The largest absolute Gasteiger partial charge is 0.354 e. The zero-order chi connectivity index (χ0) is 39.2. The lowest BCUT2D eigenvalue weighted by molar-refractivity contribution is -0.385. The molecular weight excluding hydrogens is 723 g/mol. The molecule has 0 unspecified atom stereocenters. The number of hydrogen-bond acceptors (Lipinski definition) is 8. The van der Waals surface area contributed by atoms with Gasteiger partial charge in [-0.2, -0.15) is 0 Å². The average Bonchev–Trinajstić information content (AvgIpc) is 4.07. The van der Waals surface area contributed by atoms with E-state index in [4.69, 9.17) is 9.97 Å². The highest BCUT2D eigenvalue weighted by atomic mass is 16.6. The second-order valence-corrected chi connectivity index (χ2v) is 13.3. The first-order valence-electron chi connectivity index (χ1n) is 17.7. The Kier molecular flexibility index (Phi) is 8.36. The van der Waals surface area contributed by atoms with Crippen molar-refractivity contribution in [2.45, 2.75) is 0 Å². The Balaban J connectivity index is 1.44. The second kappa shape index (κ2) is 13.8. The highest BCUT2D eigenvalue weighted by Gasteiger charge is 2.20. The lowest BCUT2D eigenvalue weighted by atomic mass is 10.0. The third-order valence-corrected chi connectivity index (χ3v) is 9.92. The predicted molar refractivity (Wildman–Crippen MR) is 221 cm³/mol. The summed E-state index contributed by atoms with van der Waals surface area (Å²) in [4.78, 5) is 51.0. The molecular formula is C44H27N7O6. The summed E-state index contributed by atoms with van der Waals surface area (Å²) in [5.74, 6) is 0. The van der Waals surface area contributed by atoms with E-state index in [0.29, 0.717) is 72.7 Å². The van der Waals surface area contributed by atoms with Crippen LogP contribution in [0.3, 0.4) is 0 Å². The van der Waals surface area contributed by atoms with E-state index in [9.17, 15) is 30.3 Å². The third kappa shape index (κ3) is 6.30. The molecule has 2 N–H and O–H groups in total. The number of nitro benzene ring substituents is 3. The van der Waals surface area contributed by atoms with Crippen LogP contribution < -0.4 is 0 Å². The molecule has 0 radical (unpaired) electrons. The number of rotatable bonds is 7. The molecule has 9 rings (SSSR count). The van der Waals surface area contributed by atoms with Crippen LogP contribution in [0.15, 0.2) is 127 Å². The smallest absolute Gasteiger partial charge is 0.269 e. The van der Waals surface area contributed by atoms with Crippen molar-refractivity contribution in [2.75, 3.05) is 0 Å². The van der Waals surface area contributed by atoms with Gasteiger partial charge in [-0.15, -0.1) is 0 Å². The Morgan fingerprint density at radius 1 is 0.351 bits per heavy atom. The Hall–Kier alpha value is -8.32. The summed E-state index contributed by atoms with van der Waals surface area (Å²) >= 11 is 0. The van der Waals surface area contributed by atoms with Crippen LogP contribution in [0.4, 0.5) is 17.1 Å². The zero-order valence-electron chi connectivity index (χ0n) is 29.6. The minimum Gasteiger partial charge on any atom is -0.354 e. The summed E-state index contributed by atoms with van der Waals surface area (Å²) in [7, 11) is 0. The molecule has 4 aromatic carbocycles. The van der Waals surface area contributed by atoms with Crippen LogP contribution in [0.2, 0.25) is 0 Å². The molecule has 0 amide bonds. The highest BCUT2D eigenvalue weighted by molar-refractivity contribution is 6.00. The van der Waals surface area contributed by atoms with E-state index in [-0.39, 0.29) is 17.1 Å². The van der Waals surface area contributed by atoms with Crippen LogP contribution in [0.25, 0.3) is 90.9 Å². The van der Waals surface area contributed by atoms with Crippen LogP contribution in [-0.4, -0.2) is 34.7 Å². The van der Waals surface area contributed by atoms with Crippen molar-refractivity contribution < 1.29 is 14.8 Å². The average molecular weight is 750 g/mol. The van der Waals surface area contributed by atoms with Gasteiger partial charge >= 0.3 is 0 Å². The lowest BCUT2D eigenvalue weighted by Crippen LogP contribution is -1.91. The molecule has 2 aliphatic heterocycles. The summed E-state index contributed by atoms with van der Waals surface area (Å²) in [6.07, 6.45) is 7.59. The van der Waals surface area contributed by atoms with Crippen LogP contribution in [0.1, 0.15) is 22.8 Å².